The molecule has 0 spiro atoms. The predicted molar refractivity (Wildman–Crippen MR) is 60.1 cm³/mol. The molecule has 0 aromatic rings. The molecule has 0 radical (unpaired) electrons. The third-order valence-electron chi connectivity index (χ3n) is 2.17. The Labute approximate surface area is 142 Å². The summed E-state index contributed by atoms with van der Waals surface area (Å²) < 4.78 is 17.2. The second-order valence-corrected chi connectivity index (χ2v) is 6.79. The summed E-state index contributed by atoms with van der Waals surface area (Å²) in [6, 6.07) is 0.872. The van der Waals surface area contributed by atoms with Crippen LogP contribution < -0.4 is 51.4 Å². The van der Waals surface area contributed by atoms with Crippen LogP contribution in [0.2, 0.25) is 6.04 Å². The number of hydrogen-bond donors (Lipinski definition) is 0. The number of hydrogen-bond acceptors (Lipinski definition) is 4. The van der Waals surface area contributed by atoms with Crippen molar-refractivity contribution in [1.29, 1.82) is 0 Å². The van der Waals surface area contributed by atoms with Crippen LogP contribution in [0.3, 0.4) is 0 Å². The molecule has 0 atom stereocenters. The maximum absolute atomic E-state index is 5.77. The summed E-state index contributed by atoms with van der Waals surface area (Å²) in [6.07, 6.45) is 0.954. The molecule has 1 aliphatic rings. The molecule has 0 saturated carbocycles. The molecule has 0 aromatic carbocycles. The summed E-state index contributed by atoms with van der Waals surface area (Å²) in [5.41, 5.74) is 0. The van der Waals surface area contributed by atoms with Crippen molar-refractivity contribution in [2.24, 2.45) is 5.92 Å². The smallest absolute Gasteiger partial charge is 0.793 e. The van der Waals surface area contributed by atoms with Crippen molar-refractivity contribution in [2.45, 2.75) is 26.3 Å². The van der Waals surface area contributed by atoms with Gasteiger partial charge >= 0.3 is 60.2 Å². The quantitative estimate of drug-likeness (QED) is 0.455. The summed E-state index contributed by atoms with van der Waals surface area (Å²) in [7, 11) is -2.31. The third kappa shape index (κ3) is 5.99. The molecule has 1 saturated heterocycles. The van der Waals surface area contributed by atoms with Crippen LogP contribution in [0.25, 0.3) is 0 Å². The van der Waals surface area contributed by atoms with Gasteiger partial charge in [0.25, 0.3) is 0 Å². The largest absolute Gasteiger partial charge is 1.00 e. The Morgan fingerprint density at radius 2 is 2.00 bits per heavy atom. The van der Waals surface area contributed by atoms with Crippen LogP contribution in [0.4, 0.5) is 0 Å². The molecule has 0 aromatic heterocycles. The van der Waals surface area contributed by atoms with Crippen LogP contribution in [0.5, 0.6) is 0 Å². The summed E-state index contributed by atoms with van der Waals surface area (Å²) in [6.45, 7) is 6.30. The maximum atomic E-state index is 5.77. The first-order valence-corrected chi connectivity index (χ1v) is 7.73. The molecule has 0 unspecified atom stereocenters. The van der Waals surface area contributed by atoms with Crippen LogP contribution in [0.1, 0.15) is 20.3 Å². The Hall–Kier alpha value is 2.08. The van der Waals surface area contributed by atoms with Crippen molar-refractivity contribution in [3.8, 4) is 0 Å². The van der Waals surface area contributed by atoms with E-state index >= 15 is 0 Å². The third-order valence-corrected chi connectivity index (χ3v) is 5.36. The molecular weight excluding hydrogens is 255 g/mol. The molecule has 0 amide bonds. The molecule has 1 fully saturated rings. The molecular formula is C9H19KO3SSi. The van der Waals surface area contributed by atoms with Crippen molar-refractivity contribution in [3.05, 3.63) is 0 Å². The van der Waals surface area contributed by atoms with Crippen molar-refractivity contribution in [3.63, 3.8) is 0 Å². The molecule has 3 nitrogen and oxygen atoms in total. The summed E-state index contributed by atoms with van der Waals surface area (Å²) >= 11 is 4.93. The average Bonchev–Trinajstić information content (AvgIpc) is 2.20. The zero-order valence-corrected chi connectivity index (χ0v) is 14.9. The second-order valence-electron chi connectivity index (χ2n) is 3.65. The fourth-order valence-electron chi connectivity index (χ4n) is 1.44. The Balaban J connectivity index is 0.00000196. The van der Waals surface area contributed by atoms with Crippen molar-refractivity contribution in [1.82, 2.24) is 0 Å². The Kier molecular flexibility index (Phi) is 10.3. The summed E-state index contributed by atoms with van der Waals surface area (Å²) in [4.78, 5) is 0. The first-order valence-electron chi connectivity index (χ1n) is 5.22. The van der Waals surface area contributed by atoms with E-state index in [2.05, 4.69) is 6.92 Å². The molecule has 15 heavy (non-hydrogen) atoms. The van der Waals surface area contributed by atoms with Gasteiger partial charge < -0.3 is 25.9 Å². The topological polar surface area (TPSA) is 27.7 Å². The average molecular weight is 274 g/mol. The van der Waals surface area contributed by atoms with E-state index in [1.165, 1.54) is 0 Å². The van der Waals surface area contributed by atoms with E-state index in [1.807, 2.05) is 6.92 Å². The molecule has 1 aliphatic heterocycles. The van der Waals surface area contributed by atoms with Gasteiger partial charge in [-0.05, 0) is 6.92 Å². The first kappa shape index (κ1) is 17.1. The Morgan fingerprint density at radius 1 is 1.40 bits per heavy atom. The molecule has 1 heterocycles. The summed E-state index contributed by atoms with van der Waals surface area (Å²) in [5.74, 6) is 1.24. The van der Waals surface area contributed by atoms with Crippen molar-refractivity contribution < 1.29 is 64.7 Å². The second kappa shape index (κ2) is 9.07. The predicted octanol–water partition coefficient (Wildman–Crippen LogP) is -1.41. The summed E-state index contributed by atoms with van der Waals surface area (Å²) in [5, 5.41) is 0. The standard InChI is InChI=1S/C9H20O3SSi.K/c1-3-10-14(6-4-5-13)11-7-9(2)8-12-14;/h9,13H,3-8H2,1-2H3;/q;+1/p-1. The fraction of sp³-hybridized carbons (Fsp3) is 1.00. The van der Waals surface area contributed by atoms with E-state index < -0.39 is 8.80 Å². The number of rotatable bonds is 5. The van der Waals surface area contributed by atoms with E-state index in [0.717, 1.165) is 31.4 Å². The van der Waals surface area contributed by atoms with E-state index in [-0.39, 0.29) is 51.4 Å². The molecule has 0 bridgehead atoms. The van der Waals surface area contributed by atoms with Gasteiger partial charge in [0.2, 0.25) is 0 Å². The fourth-order valence-corrected chi connectivity index (χ4v) is 4.65. The van der Waals surface area contributed by atoms with Gasteiger partial charge in [-0.25, -0.2) is 0 Å². The SMILES string of the molecule is CCO[Si]1(CCC[S-])OCC(C)CO1.[K+]. The normalized spacial score (nSPS) is 31.0. The zero-order valence-electron chi connectivity index (χ0n) is 9.95. The molecule has 6 heteroatoms. The molecule has 0 N–H and O–H groups in total. The van der Waals surface area contributed by atoms with Gasteiger partial charge in [0.05, 0.1) is 0 Å². The van der Waals surface area contributed by atoms with Crippen LogP contribution in [-0.2, 0) is 25.9 Å². The van der Waals surface area contributed by atoms with Crippen LogP contribution in [-0.4, -0.2) is 34.4 Å². The van der Waals surface area contributed by atoms with Crippen LogP contribution in [0, 0.1) is 5.92 Å². The maximum Gasteiger partial charge on any atom is 1.00 e. The van der Waals surface area contributed by atoms with Gasteiger partial charge in [-0.15, -0.1) is 0 Å². The van der Waals surface area contributed by atoms with Crippen LogP contribution >= 0.6 is 0 Å². The molecule has 84 valence electrons. The minimum Gasteiger partial charge on any atom is -0.793 e. The van der Waals surface area contributed by atoms with E-state index in [4.69, 9.17) is 25.9 Å². The van der Waals surface area contributed by atoms with Gasteiger partial charge in [-0.1, -0.05) is 13.3 Å². The van der Waals surface area contributed by atoms with E-state index in [1.54, 1.807) is 0 Å². The minimum absolute atomic E-state index is 0. The zero-order chi connectivity index (χ0) is 10.4. The molecule has 1 rings (SSSR count). The monoisotopic (exact) mass is 274 g/mol. The minimum atomic E-state index is -2.31. The van der Waals surface area contributed by atoms with Gasteiger partial charge in [0.15, 0.2) is 0 Å². The van der Waals surface area contributed by atoms with E-state index in [0.29, 0.717) is 12.5 Å². The Morgan fingerprint density at radius 3 is 2.47 bits per heavy atom. The van der Waals surface area contributed by atoms with Crippen molar-refractivity contribution in [2.75, 3.05) is 25.6 Å². The van der Waals surface area contributed by atoms with Crippen LogP contribution in [0.15, 0.2) is 0 Å². The van der Waals surface area contributed by atoms with Gasteiger partial charge in [0.1, 0.15) is 0 Å². The first-order chi connectivity index (χ1) is 6.72. The van der Waals surface area contributed by atoms with Gasteiger partial charge in [-0.2, -0.15) is 5.75 Å². The molecule has 0 aliphatic carbocycles. The van der Waals surface area contributed by atoms with Crippen molar-refractivity contribution >= 4 is 21.4 Å². The Bertz CT molecular complexity index is 160. The van der Waals surface area contributed by atoms with Gasteiger partial charge in [0, 0.05) is 31.8 Å². The van der Waals surface area contributed by atoms with E-state index in [9.17, 15) is 0 Å². The van der Waals surface area contributed by atoms with Gasteiger partial charge in [-0.3, -0.25) is 0 Å².